The van der Waals surface area contributed by atoms with Crippen molar-refractivity contribution in [2.45, 2.75) is 26.1 Å². The van der Waals surface area contributed by atoms with Gasteiger partial charge in [0.05, 0.1) is 12.3 Å². The van der Waals surface area contributed by atoms with Crippen LogP contribution in [-0.2, 0) is 9.53 Å². The number of aliphatic hydroxyl groups excluding tert-OH is 1. The second-order valence-corrected chi connectivity index (χ2v) is 3.41. The fourth-order valence-corrected chi connectivity index (χ4v) is 1.22. The highest BCUT2D eigenvalue weighted by Gasteiger charge is 2.23. The molecule has 0 aliphatic rings. The number of carbonyl (C=O) groups is 1. The summed E-state index contributed by atoms with van der Waals surface area (Å²) in [5, 5.41) is 18.2. The number of esters is 1. The second-order valence-electron chi connectivity index (χ2n) is 3.41. The Morgan fingerprint density at radius 2 is 2.35 bits per heavy atom. The summed E-state index contributed by atoms with van der Waals surface area (Å²) < 4.78 is 4.90. The van der Waals surface area contributed by atoms with Gasteiger partial charge in [-0.3, -0.25) is 4.79 Å². The van der Waals surface area contributed by atoms with Crippen LogP contribution in [0.15, 0.2) is 6.20 Å². The maximum Gasteiger partial charge on any atom is 0.303 e. The molecule has 0 bridgehead atoms. The lowest BCUT2D eigenvalue weighted by Crippen LogP contribution is -2.22. The van der Waals surface area contributed by atoms with Crippen LogP contribution in [0, 0.1) is 11.3 Å². The zero-order chi connectivity index (χ0) is 13.0. The first-order valence-corrected chi connectivity index (χ1v) is 4.83. The molecule has 2 atom stereocenters. The van der Waals surface area contributed by atoms with Crippen LogP contribution in [0.25, 0.3) is 0 Å². The van der Waals surface area contributed by atoms with Crippen molar-refractivity contribution in [3.63, 3.8) is 0 Å². The van der Waals surface area contributed by atoms with Crippen LogP contribution >= 0.6 is 0 Å². The average molecular weight is 236 g/mol. The molecule has 1 aromatic heterocycles. The van der Waals surface area contributed by atoms with E-state index in [-0.39, 0.29) is 17.2 Å². The topological polar surface area (TPSA) is 122 Å². The third kappa shape index (κ3) is 3.12. The van der Waals surface area contributed by atoms with Crippen molar-refractivity contribution in [3.8, 4) is 6.07 Å². The van der Waals surface area contributed by atoms with Gasteiger partial charge in [0.2, 0.25) is 0 Å². The number of aromatic nitrogens is 2. The van der Waals surface area contributed by atoms with E-state index < -0.39 is 18.2 Å². The molecule has 1 rings (SSSR count). The molecule has 0 aromatic carbocycles. The van der Waals surface area contributed by atoms with Crippen LogP contribution in [0.5, 0.6) is 0 Å². The Kier molecular flexibility index (Phi) is 3.96. The molecule has 0 unspecified atom stereocenters. The number of aliphatic hydroxyl groups is 1. The van der Waals surface area contributed by atoms with Gasteiger partial charge in [-0.05, 0) is 6.92 Å². The fourth-order valence-electron chi connectivity index (χ4n) is 1.22. The lowest BCUT2D eigenvalue weighted by molar-refractivity contribution is -0.152. The molecule has 0 saturated heterocycles. The number of hydrogen-bond donors (Lipinski definition) is 2. The van der Waals surface area contributed by atoms with Gasteiger partial charge in [-0.15, -0.1) is 0 Å². The second kappa shape index (κ2) is 5.23. The highest BCUT2D eigenvalue weighted by Crippen LogP contribution is 2.20. The predicted octanol–water partition coefficient (Wildman–Crippen LogP) is -0.0845. The zero-order valence-corrected chi connectivity index (χ0v) is 9.41. The van der Waals surface area contributed by atoms with Gasteiger partial charge in [-0.2, -0.15) is 5.26 Å². The van der Waals surface area contributed by atoms with Gasteiger partial charge in [0.25, 0.3) is 0 Å². The molecule has 17 heavy (non-hydrogen) atoms. The van der Waals surface area contributed by atoms with E-state index in [1.807, 2.05) is 0 Å². The van der Waals surface area contributed by atoms with Gasteiger partial charge in [0.1, 0.15) is 11.8 Å². The summed E-state index contributed by atoms with van der Waals surface area (Å²) in [5.41, 5.74) is 5.52. The molecular weight excluding hydrogens is 224 g/mol. The smallest absolute Gasteiger partial charge is 0.303 e. The number of ether oxygens (including phenoxy) is 1. The standard InChI is InChI=1S/C10H12N4O3/c1-5(15)9(17-6(2)16)8-4-13-10(12)7(3-11)14-8/h4-5,9,15H,1-2H3,(H2,12,13)/t5-,9+/m0/s1. The molecule has 0 fully saturated rings. The molecule has 0 spiro atoms. The van der Waals surface area contributed by atoms with Crippen molar-refractivity contribution in [2.75, 3.05) is 5.73 Å². The zero-order valence-electron chi connectivity index (χ0n) is 9.41. The lowest BCUT2D eigenvalue weighted by atomic mass is 10.1. The first-order valence-electron chi connectivity index (χ1n) is 4.83. The van der Waals surface area contributed by atoms with E-state index >= 15 is 0 Å². The molecular formula is C10H12N4O3. The number of nitrogens with two attached hydrogens (primary N) is 1. The molecule has 0 aliphatic carbocycles. The first-order chi connectivity index (χ1) is 7.95. The van der Waals surface area contributed by atoms with E-state index in [9.17, 15) is 9.90 Å². The quantitative estimate of drug-likeness (QED) is 0.703. The van der Waals surface area contributed by atoms with Crippen LogP contribution < -0.4 is 5.73 Å². The number of nitrogen functional groups attached to an aromatic ring is 1. The molecule has 7 heteroatoms. The Labute approximate surface area is 97.9 Å². The molecule has 0 radical (unpaired) electrons. The minimum atomic E-state index is -0.969. The number of nitriles is 1. The number of hydrogen-bond acceptors (Lipinski definition) is 7. The van der Waals surface area contributed by atoms with Gasteiger partial charge in [-0.1, -0.05) is 0 Å². The van der Waals surface area contributed by atoms with Crippen LogP contribution in [-0.4, -0.2) is 27.1 Å². The molecule has 0 amide bonds. The summed E-state index contributed by atoms with van der Waals surface area (Å²) >= 11 is 0. The Morgan fingerprint density at radius 1 is 1.71 bits per heavy atom. The van der Waals surface area contributed by atoms with Gasteiger partial charge in [0, 0.05) is 6.92 Å². The van der Waals surface area contributed by atoms with E-state index in [0.717, 1.165) is 0 Å². The van der Waals surface area contributed by atoms with E-state index in [2.05, 4.69) is 9.97 Å². The highest BCUT2D eigenvalue weighted by molar-refractivity contribution is 5.66. The number of carbonyl (C=O) groups excluding carboxylic acids is 1. The van der Waals surface area contributed by atoms with E-state index in [1.165, 1.54) is 20.0 Å². The van der Waals surface area contributed by atoms with Crippen molar-refractivity contribution in [3.05, 3.63) is 17.6 Å². The number of rotatable bonds is 3. The van der Waals surface area contributed by atoms with Crippen molar-refractivity contribution >= 4 is 11.8 Å². The minimum Gasteiger partial charge on any atom is -0.453 e. The third-order valence-electron chi connectivity index (χ3n) is 1.95. The highest BCUT2D eigenvalue weighted by atomic mass is 16.6. The van der Waals surface area contributed by atoms with Crippen LogP contribution in [0.2, 0.25) is 0 Å². The predicted molar refractivity (Wildman–Crippen MR) is 57.3 cm³/mol. The Balaban J connectivity index is 3.11. The summed E-state index contributed by atoms with van der Waals surface area (Å²) in [7, 11) is 0. The first kappa shape index (κ1) is 12.9. The summed E-state index contributed by atoms with van der Waals surface area (Å²) in [6.07, 6.45) is -0.674. The fraction of sp³-hybridized carbons (Fsp3) is 0.400. The maximum absolute atomic E-state index is 10.9. The third-order valence-corrected chi connectivity index (χ3v) is 1.95. The van der Waals surface area contributed by atoms with Crippen molar-refractivity contribution < 1.29 is 14.6 Å². The van der Waals surface area contributed by atoms with Crippen LogP contribution in [0.4, 0.5) is 5.82 Å². The Bertz CT molecular complexity index is 467. The molecule has 1 heterocycles. The van der Waals surface area contributed by atoms with Gasteiger partial charge < -0.3 is 15.6 Å². The monoisotopic (exact) mass is 236 g/mol. The molecule has 90 valence electrons. The van der Waals surface area contributed by atoms with E-state index in [4.69, 9.17) is 15.7 Å². The number of anilines is 1. The summed E-state index contributed by atoms with van der Waals surface area (Å²) in [4.78, 5) is 18.5. The summed E-state index contributed by atoms with van der Waals surface area (Å²) in [5.74, 6) is -0.573. The van der Waals surface area contributed by atoms with E-state index in [1.54, 1.807) is 6.07 Å². The largest absolute Gasteiger partial charge is 0.453 e. The number of nitrogens with zero attached hydrogens (tertiary/aromatic N) is 3. The average Bonchev–Trinajstić information content (AvgIpc) is 2.26. The Morgan fingerprint density at radius 3 is 2.82 bits per heavy atom. The maximum atomic E-state index is 10.9. The molecule has 0 saturated carbocycles. The molecule has 3 N–H and O–H groups in total. The van der Waals surface area contributed by atoms with Gasteiger partial charge in [-0.25, -0.2) is 9.97 Å². The van der Waals surface area contributed by atoms with Gasteiger partial charge in [0.15, 0.2) is 17.6 Å². The SMILES string of the molecule is CC(=O)O[C@@H](c1cnc(N)c(C#N)n1)[C@H](C)O. The van der Waals surface area contributed by atoms with E-state index in [0.29, 0.717) is 0 Å². The lowest BCUT2D eigenvalue weighted by Gasteiger charge is -2.18. The molecule has 1 aromatic rings. The molecule has 0 aliphatic heterocycles. The van der Waals surface area contributed by atoms with Crippen molar-refractivity contribution in [2.24, 2.45) is 0 Å². The van der Waals surface area contributed by atoms with Crippen molar-refractivity contribution in [1.29, 1.82) is 5.26 Å². The summed E-state index contributed by atoms with van der Waals surface area (Å²) in [6.45, 7) is 2.66. The van der Waals surface area contributed by atoms with Crippen molar-refractivity contribution in [1.82, 2.24) is 9.97 Å². The van der Waals surface area contributed by atoms with Crippen LogP contribution in [0.1, 0.15) is 31.3 Å². The normalized spacial score (nSPS) is 13.5. The van der Waals surface area contributed by atoms with Crippen LogP contribution in [0.3, 0.4) is 0 Å². The van der Waals surface area contributed by atoms with Gasteiger partial charge >= 0.3 is 5.97 Å². The summed E-state index contributed by atoms with van der Waals surface area (Å²) in [6, 6.07) is 1.76. The molecule has 7 nitrogen and oxygen atoms in total. The Hall–Kier alpha value is -2.20. The minimum absolute atomic E-state index is 0.0107.